The van der Waals surface area contributed by atoms with Crippen molar-refractivity contribution in [2.75, 3.05) is 13.1 Å². The largest absolute Gasteiger partial charge is 0.573 e. The van der Waals surface area contributed by atoms with Crippen molar-refractivity contribution < 1.29 is 22.7 Å². The number of rotatable bonds is 5. The van der Waals surface area contributed by atoms with E-state index in [1.54, 1.807) is 12.1 Å². The average molecular weight is 465 g/mol. The second-order valence-corrected chi connectivity index (χ2v) is 8.24. The molecule has 8 heteroatoms. The number of halogens is 3. The van der Waals surface area contributed by atoms with E-state index < -0.39 is 6.36 Å². The van der Waals surface area contributed by atoms with E-state index in [2.05, 4.69) is 10.1 Å². The van der Waals surface area contributed by atoms with Crippen molar-refractivity contribution in [2.24, 2.45) is 5.73 Å². The Labute approximate surface area is 193 Å². The van der Waals surface area contributed by atoms with Gasteiger partial charge in [-0.2, -0.15) is 0 Å². The molecule has 1 aliphatic heterocycles. The van der Waals surface area contributed by atoms with Gasteiger partial charge in [-0.25, -0.2) is 0 Å². The molecule has 0 radical (unpaired) electrons. The molecule has 2 heterocycles. The summed E-state index contributed by atoms with van der Waals surface area (Å²) in [4.78, 5) is 12.8. The lowest BCUT2D eigenvalue weighted by Gasteiger charge is -2.28. The zero-order valence-corrected chi connectivity index (χ0v) is 18.1. The summed E-state index contributed by atoms with van der Waals surface area (Å²) in [6, 6.07) is 21.4. The summed E-state index contributed by atoms with van der Waals surface area (Å²) in [5.41, 5.74) is 9.10. The molecule has 3 aromatic carbocycles. The molecule has 5 rings (SSSR count). The fourth-order valence-electron chi connectivity index (χ4n) is 4.61. The Morgan fingerprint density at radius 2 is 1.76 bits per heavy atom. The first-order valence-corrected chi connectivity index (χ1v) is 10.9. The number of benzene rings is 3. The van der Waals surface area contributed by atoms with Crippen LogP contribution < -0.4 is 15.8 Å². The van der Waals surface area contributed by atoms with Crippen LogP contribution in [0.1, 0.15) is 23.0 Å². The Balaban J connectivity index is 1.75. The highest BCUT2D eigenvalue weighted by Crippen LogP contribution is 2.41. The number of nitrogens with zero attached hydrogens (tertiary/aromatic N) is 1. The smallest absolute Gasteiger partial charge is 0.406 e. The highest BCUT2D eigenvalue weighted by molar-refractivity contribution is 5.99. The summed E-state index contributed by atoms with van der Waals surface area (Å²) in [7, 11) is 0. The summed E-state index contributed by atoms with van der Waals surface area (Å²) >= 11 is 0. The van der Waals surface area contributed by atoms with Gasteiger partial charge < -0.3 is 20.4 Å². The van der Waals surface area contributed by atoms with E-state index in [1.807, 2.05) is 47.0 Å². The van der Waals surface area contributed by atoms with E-state index in [-0.39, 0.29) is 17.7 Å². The minimum absolute atomic E-state index is 0.0810. The van der Waals surface area contributed by atoms with Crippen LogP contribution in [0.25, 0.3) is 33.2 Å². The summed E-state index contributed by atoms with van der Waals surface area (Å²) in [5.74, 6) is -0.550. The van der Waals surface area contributed by atoms with Crippen molar-refractivity contribution in [1.29, 1.82) is 0 Å². The summed E-state index contributed by atoms with van der Waals surface area (Å²) in [5, 5.41) is 4.98. The third kappa shape index (κ3) is 4.12. The number of hydrogen-bond acceptors (Lipinski definition) is 3. The summed E-state index contributed by atoms with van der Waals surface area (Å²) in [6.07, 6.45) is -4.16. The predicted molar refractivity (Wildman–Crippen MR) is 125 cm³/mol. The maximum Gasteiger partial charge on any atom is 0.573 e. The lowest BCUT2D eigenvalue weighted by atomic mass is 9.98. The van der Waals surface area contributed by atoms with Crippen molar-refractivity contribution in [1.82, 2.24) is 9.88 Å². The van der Waals surface area contributed by atoms with Gasteiger partial charge in [0.15, 0.2) is 0 Å². The van der Waals surface area contributed by atoms with Crippen molar-refractivity contribution >= 4 is 16.7 Å². The van der Waals surface area contributed by atoms with Gasteiger partial charge in [0, 0.05) is 12.1 Å². The third-order valence-electron chi connectivity index (χ3n) is 6.03. The number of carbonyl (C=O) groups excluding carboxylic acids is 1. The number of nitrogens with two attached hydrogens (primary N) is 1. The second kappa shape index (κ2) is 8.53. The number of amides is 1. The fraction of sp³-hybridized carbons (Fsp3) is 0.192. The van der Waals surface area contributed by atoms with E-state index in [0.717, 1.165) is 22.0 Å². The molecule has 4 aromatic rings. The van der Waals surface area contributed by atoms with Crippen LogP contribution in [0.3, 0.4) is 0 Å². The van der Waals surface area contributed by atoms with Gasteiger partial charge in [-0.05, 0) is 59.1 Å². The lowest BCUT2D eigenvalue weighted by Crippen LogP contribution is -2.39. The van der Waals surface area contributed by atoms with Gasteiger partial charge in [0.25, 0.3) is 5.91 Å². The monoisotopic (exact) mass is 465 g/mol. The van der Waals surface area contributed by atoms with Crippen LogP contribution in [-0.2, 0) is 0 Å². The maximum atomic E-state index is 12.8. The molecule has 174 valence electrons. The number of fused-ring (bicyclic) bond motifs is 2. The Morgan fingerprint density at radius 3 is 2.53 bits per heavy atom. The Hall–Kier alpha value is -3.78. The van der Waals surface area contributed by atoms with Gasteiger partial charge in [-0.1, -0.05) is 48.5 Å². The molecule has 1 atom stereocenters. The molecule has 0 bridgehead atoms. The standard InChI is InChI=1S/C26H22F3N3O2/c27-26(28,29)34-21-7-3-6-18(13-21)22-14-23-25(33)31-15-20(10-11-30)32(23)24(22)19-9-8-16-4-1-2-5-17(16)12-19/h1-9,12-14,20H,10-11,15,30H2,(H,31,33)/t20-/m0/s1. The van der Waals surface area contributed by atoms with Crippen molar-refractivity contribution in [2.45, 2.75) is 18.8 Å². The SMILES string of the molecule is NCC[C@H]1CNC(=O)c2cc(-c3cccc(OC(F)(F)F)c3)c(-c3ccc4ccccc4c3)n21. The minimum atomic E-state index is -4.80. The molecule has 3 N–H and O–H groups in total. The molecule has 1 amide bonds. The summed E-state index contributed by atoms with van der Waals surface area (Å²) in [6.45, 7) is 0.856. The Bertz CT molecular complexity index is 1380. The minimum Gasteiger partial charge on any atom is -0.406 e. The van der Waals surface area contributed by atoms with Crippen LogP contribution in [0, 0.1) is 0 Å². The van der Waals surface area contributed by atoms with E-state index in [1.165, 1.54) is 18.2 Å². The Kier molecular flexibility index (Phi) is 5.53. The van der Waals surface area contributed by atoms with Crippen LogP contribution in [0.2, 0.25) is 0 Å². The van der Waals surface area contributed by atoms with E-state index >= 15 is 0 Å². The van der Waals surface area contributed by atoms with Crippen LogP contribution in [0.5, 0.6) is 5.75 Å². The first-order valence-electron chi connectivity index (χ1n) is 10.9. The van der Waals surface area contributed by atoms with E-state index in [4.69, 9.17) is 5.73 Å². The van der Waals surface area contributed by atoms with Crippen LogP contribution in [0.15, 0.2) is 72.8 Å². The third-order valence-corrected chi connectivity index (χ3v) is 6.03. The van der Waals surface area contributed by atoms with Crippen molar-refractivity contribution in [3.8, 4) is 28.1 Å². The predicted octanol–water partition coefficient (Wildman–Crippen LogP) is 5.51. The number of nitrogens with one attached hydrogen (secondary N) is 1. The number of alkyl halides is 3. The van der Waals surface area contributed by atoms with Gasteiger partial charge >= 0.3 is 6.36 Å². The van der Waals surface area contributed by atoms with Gasteiger partial charge in [0.1, 0.15) is 11.4 Å². The lowest BCUT2D eigenvalue weighted by molar-refractivity contribution is -0.274. The normalized spacial score (nSPS) is 15.8. The van der Waals surface area contributed by atoms with Crippen molar-refractivity contribution in [3.63, 3.8) is 0 Å². The summed E-state index contributed by atoms with van der Waals surface area (Å²) < 4.78 is 44.7. The van der Waals surface area contributed by atoms with Crippen LogP contribution >= 0.6 is 0 Å². The van der Waals surface area contributed by atoms with Gasteiger partial charge in [0.2, 0.25) is 0 Å². The average Bonchev–Trinajstić information content (AvgIpc) is 3.22. The molecule has 0 saturated carbocycles. The fourth-order valence-corrected chi connectivity index (χ4v) is 4.61. The Morgan fingerprint density at radius 1 is 0.971 bits per heavy atom. The van der Waals surface area contributed by atoms with E-state index in [0.29, 0.717) is 36.3 Å². The van der Waals surface area contributed by atoms with Gasteiger partial charge in [0.05, 0.1) is 11.7 Å². The molecular formula is C26H22F3N3O2. The number of aromatic nitrogens is 1. The first kappa shape index (κ1) is 22.0. The molecule has 34 heavy (non-hydrogen) atoms. The number of ether oxygens (including phenoxy) is 1. The maximum absolute atomic E-state index is 12.8. The molecular weight excluding hydrogens is 443 g/mol. The highest BCUT2D eigenvalue weighted by atomic mass is 19.4. The molecule has 1 aromatic heterocycles. The molecule has 0 unspecified atom stereocenters. The topological polar surface area (TPSA) is 69.3 Å². The quantitative estimate of drug-likeness (QED) is 0.409. The molecule has 0 spiro atoms. The zero-order chi connectivity index (χ0) is 23.9. The highest BCUT2D eigenvalue weighted by Gasteiger charge is 2.32. The molecule has 5 nitrogen and oxygen atoms in total. The van der Waals surface area contributed by atoms with Crippen LogP contribution in [-0.4, -0.2) is 29.9 Å². The van der Waals surface area contributed by atoms with E-state index in [9.17, 15) is 18.0 Å². The zero-order valence-electron chi connectivity index (χ0n) is 18.1. The number of hydrogen-bond donors (Lipinski definition) is 2. The second-order valence-electron chi connectivity index (χ2n) is 8.24. The van der Waals surface area contributed by atoms with Crippen LogP contribution in [0.4, 0.5) is 13.2 Å². The first-order chi connectivity index (χ1) is 16.3. The van der Waals surface area contributed by atoms with Gasteiger partial charge in [-0.3, -0.25) is 4.79 Å². The molecule has 0 fully saturated rings. The van der Waals surface area contributed by atoms with Crippen molar-refractivity contribution in [3.05, 3.63) is 78.5 Å². The van der Waals surface area contributed by atoms with Gasteiger partial charge in [-0.15, -0.1) is 13.2 Å². The molecule has 0 aliphatic carbocycles. The number of carbonyl (C=O) groups is 1. The molecule has 0 saturated heterocycles. The molecule has 1 aliphatic rings.